The van der Waals surface area contributed by atoms with E-state index in [1.54, 1.807) is 24.3 Å². The topological polar surface area (TPSA) is 49.3 Å². The van der Waals surface area contributed by atoms with Crippen LogP contribution in [-0.4, -0.2) is 28.2 Å². The van der Waals surface area contributed by atoms with Crippen LogP contribution in [0.4, 0.5) is 10.2 Å². The van der Waals surface area contributed by atoms with E-state index in [2.05, 4.69) is 21.3 Å². The zero-order valence-corrected chi connectivity index (χ0v) is 12.4. The highest BCUT2D eigenvalue weighted by atomic mass is 19.1. The largest absolute Gasteiger partial charge is 0.507 e. The highest BCUT2D eigenvalue weighted by molar-refractivity contribution is 5.91. The fourth-order valence-corrected chi connectivity index (χ4v) is 2.89. The lowest BCUT2D eigenvalue weighted by atomic mass is 10.1. The molecule has 0 saturated carbocycles. The van der Waals surface area contributed by atoms with Crippen LogP contribution in [0.2, 0.25) is 0 Å². The summed E-state index contributed by atoms with van der Waals surface area (Å²) in [4.78, 5) is 11.2. The molecule has 1 aromatic heterocycles. The van der Waals surface area contributed by atoms with E-state index < -0.39 is 0 Å². The van der Waals surface area contributed by atoms with Gasteiger partial charge in [-0.3, -0.25) is 0 Å². The minimum absolute atomic E-state index is 0.132. The summed E-state index contributed by atoms with van der Waals surface area (Å²) in [6.07, 6.45) is 3.15. The third kappa shape index (κ3) is 2.48. The van der Waals surface area contributed by atoms with Crippen molar-refractivity contribution in [3.63, 3.8) is 0 Å². The maximum Gasteiger partial charge on any atom is 0.165 e. The standard InChI is InChI=1S/C18H15FN3O/c19-12-7-8-15-14(11-12)18(22-9-3-4-10-22)21-17(20-15)13-5-1-2-6-16(13)23/h1-3,5-8,11,23H,4,9-10H2. The number of nitrogens with zero attached hydrogens (tertiary/aromatic N) is 3. The van der Waals surface area contributed by atoms with Gasteiger partial charge in [0, 0.05) is 18.5 Å². The Kier molecular flexibility index (Phi) is 3.33. The maximum absolute atomic E-state index is 13.7. The van der Waals surface area contributed by atoms with E-state index in [1.807, 2.05) is 6.07 Å². The molecule has 4 nitrogen and oxygen atoms in total. The summed E-state index contributed by atoms with van der Waals surface area (Å²) in [6.45, 7) is 1.63. The van der Waals surface area contributed by atoms with Crippen LogP contribution in [0.1, 0.15) is 6.42 Å². The third-order valence-corrected chi connectivity index (χ3v) is 4.03. The lowest BCUT2D eigenvalue weighted by Crippen LogP contribution is -2.20. The van der Waals surface area contributed by atoms with Gasteiger partial charge >= 0.3 is 0 Å². The fourth-order valence-electron chi connectivity index (χ4n) is 2.89. The molecule has 4 rings (SSSR count). The lowest BCUT2D eigenvalue weighted by molar-refractivity contribution is 0.477. The molecule has 5 heteroatoms. The first kappa shape index (κ1) is 13.9. The molecule has 23 heavy (non-hydrogen) atoms. The Balaban J connectivity index is 1.96. The predicted molar refractivity (Wildman–Crippen MR) is 87.7 cm³/mol. The average molecular weight is 308 g/mol. The Labute approximate surface area is 133 Å². The smallest absolute Gasteiger partial charge is 0.165 e. The minimum atomic E-state index is -0.305. The first-order valence-corrected chi connectivity index (χ1v) is 7.54. The van der Waals surface area contributed by atoms with Gasteiger partial charge in [-0.05, 0) is 43.2 Å². The molecule has 0 unspecified atom stereocenters. The summed E-state index contributed by atoms with van der Waals surface area (Å²) < 4.78 is 13.7. The molecule has 1 N–H and O–H groups in total. The van der Waals surface area contributed by atoms with Gasteiger partial charge in [-0.25, -0.2) is 14.4 Å². The predicted octanol–water partition coefficient (Wildman–Crippen LogP) is 3.56. The summed E-state index contributed by atoms with van der Waals surface area (Å²) in [7, 11) is 0. The molecule has 1 fully saturated rings. The lowest BCUT2D eigenvalue weighted by Gasteiger charge is -2.19. The van der Waals surface area contributed by atoms with Crippen molar-refractivity contribution in [1.82, 2.24) is 9.97 Å². The van der Waals surface area contributed by atoms with Crippen LogP contribution in [0.15, 0.2) is 42.5 Å². The second-order valence-electron chi connectivity index (χ2n) is 5.57. The van der Waals surface area contributed by atoms with Gasteiger partial charge in [0.15, 0.2) is 5.82 Å². The number of rotatable bonds is 2. The van der Waals surface area contributed by atoms with E-state index in [1.165, 1.54) is 12.1 Å². The molecule has 1 aliphatic heterocycles. The van der Waals surface area contributed by atoms with E-state index in [4.69, 9.17) is 0 Å². The molecular formula is C18H15FN3O. The monoisotopic (exact) mass is 308 g/mol. The SMILES string of the molecule is Oc1ccccc1-c1nc(N2C[CH]CC2)c2cc(F)ccc2n1. The van der Waals surface area contributed by atoms with Crippen LogP contribution < -0.4 is 4.90 Å². The number of hydrogen-bond donors (Lipinski definition) is 1. The highest BCUT2D eigenvalue weighted by Gasteiger charge is 2.20. The summed E-state index contributed by atoms with van der Waals surface area (Å²) in [5.41, 5.74) is 1.24. The van der Waals surface area contributed by atoms with Crippen LogP contribution >= 0.6 is 0 Å². The Hall–Kier alpha value is -2.69. The van der Waals surface area contributed by atoms with Crippen LogP contribution in [0.5, 0.6) is 5.75 Å². The van der Waals surface area contributed by atoms with Crippen molar-refractivity contribution in [2.45, 2.75) is 6.42 Å². The van der Waals surface area contributed by atoms with Gasteiger partial charge in [-0.1, -0.05) is 12.1 Å². The Morgan fingerprint density at radius 1 is 1.09 bits per heavy atom. The summed E-state index contributed by atoms with van der Waals surface area (Å²) in [5, 5.41) is 10.8. The first-order valence-electron chi connectivity index (χ1n) is 7.54. The second-order valence-corrected chi connectivity index (χ2v) is 5.57. The van der Waals surface area contributed by atoms with Gasteiger partial charge in [0.1, 0.15) is 17.4 Å². The molecular weight excluding hydrogens is 293 g/mol. The van der Waals surface area contributed by atoms with Crippen LogP contribution in [-0.2, 0) is 0 Å². The van der Waals surface area contributed by atoms with Crippen molar-refractivity contribution < 1.29 is 9.50 Å². The summed E-state index contributed by atoms with van der Waals surface area (Å²) in [6, 6.07) is 11.5. The van der Waals surface area contributed by atoms with Crippen LogP contribution in [0.3, 0.4) is 0 Å². The van der Waals surface area contributed by atoms with E-state index in [0.717, 1.165) is 19.5 Å². The molecule has 0 atom stereocenters. The zero-order valence-electron chi connectivity index (χ0n) is 12.4. The van der Waals surface area contributed by atoms with Gasteiger partial charge in [-0.2, -0.15) is 0 Å². The zero-order chi connectivity index (χ0) is 15.8. The number of halogens is 1. The molecule has 1 radical (unpaired) electrons. The Bertz CT molecular complexity index is 875. The normalized spacial score (nSPS) is 14.6. The molecule has 115 valence electrons. The molecule has 1 saturated heterocycles. The van der Waals surface area contributed by atoms with Gasteiger partial charge < -0.3 is 10.0 Å². The number of phenols is 1. The van der Waals surface area contributed by atoms with Gasteiger partial charge in [0.25, 0.3) is 0 Å². The van der Waals surface area contributed by atoms with Crippen molar-refractivity contribution in [2.75, 3.05) is 18.0 Å². The molecule has 2 aromatic carbocycles. The van der Waals surface area contributed by atoms with Crippen molar-refractivity contribution in [1.29, 1.82) is 0 Å². The number of phenolic OH excluding ortho intramolecular Hbond substituents is 1. The molecule has 2 heterocycles. The third-order valence-electron chi connectivity index (χ3n) is 4.03. The molecule has 3 aromatic rings. The number of aromatic nitrogens is 2. The van der Waals surface area contributed by atoms with E-state index in [9.17, 15) is 9.50 Å². The van der Waals surface area contributed by atoms with Gasteiger partial charge in [-0.15, -0.1) is 0 Å². The number of benzene rings is 2. The number of anilines is 1. The molecule has 0 amide bonds. The van der Waals surface area contributed by atoms with Crippen molar-refractivity contribution in [2.24, 2.45) is 0 Å². The molecule has 0 bridgehead atoms. The quantitative estimate of drug-likeness (QED) is 0.786. The summed E-state index contributed by atoms with van der Waals surface area (Å²) in [5.74, 6) is 0.986. The Morgan fingerprint density at radius 2 is 1.96 bits per heavy atom. The van der Waals surface area contributed by atoms with E-state index >= 15 is 0 Å². The van der Waals surface area contributed by atoms with Crippen molar-refractivity contribution in [3.8, 4) is 17.1 Å². The van der Waals surface area contributed by atoms with Gasteiger partial charge in [0.2, 0.25) is 0 Å². The Morgan fingerprint density at radius 3 is 2.74 bits per heavy atom. The fraction of sp³-hybridized carbons (Fsp3) is 0.167. The van der Waals surface area contributed by atoms with Crippen LogP contribution in [0, 0.1) is 12.2 Å². The average Bonchev–Trinajstić information content (AvgIpc) is 3.09. The number of fused-ring (bicyclic) bond motifs is 1. The number of para-hydroxylation sites is 1. The first-order chi connectivity index (χ1) is 11.2. The van der Waals surface area contributed by atoms with E-state index in [0.29, 0.717) is 28.1 Å². The number of hydrogen-bond acceptors (Lipinski definition) is 4. The summed E-state index contributed by atoms with van der Waals surface area (Å²) >= 11 is 0. The van der Waals surface area contributed by atoms with Crippen molar-refractivity contribution >= 4 is 16.7 Å². The van der Waals surface area contributed by atoms with Crippen molar-refractivity contribution in [3.05, 3.63) is 54.7 Å². The molecule has 0 spiro atoms. The van der Waals surface area contributed by atoms with Crippen LogP contribution in [0.25, 0.3) is 22.3 Å². The van der Waals surface area contributed by atoms with Gasteiger partial charge in [0.05, 0.1) is 11.1 Å². The van der Waals surface area contributed by atoms with E-state index in [-0.39, 0.29) is 11.6 Å². The highest BCUT2D eigenvalue weighted by Crippen LogP contribution is 2.32. The molecule has 1 aliphatic rings. The molecule has 0 aliphatic carbocycles. The second kappa shape index (κ2) is 5.50. The number of aromatic hydroxyl groups is 1. The minimum Gasteiger partial charge on any atom is -0.507 e. The maximum atomic E-state index is 13.7.